The number of hydrogen-bond donors (Lipinski definition) is 1. The minimum Gasteiger partial charge on any atom is -0.324 e. The lowest BCUT2D eigenvalue weighted by atomic mass is 10.0. The van der Waals surface area contributed by atoms with Gasteiger partial charge in [-0.05, 0) is 40.0 Å². The van der Waals surface area contributed by atoms with Gasteiger partial charge in [-0.3, -0.25) is 0 Å². The van der Waals surface area contributed by atoms with Crippen LogP contribution in [0.5, 0.6) is 0 Å². The third kappa shape index (κ3) is 4.13. The maximum Gasteiger partial charge on any atom is 0.0551 e. The molecular formula is C12H17BrClN. The molecule has 1 aromatic rings. The summed E-state index contributed by atoms with van der Waals surface area (Å²) in [6.07, 6.45) is 4.70. The van der Waals surface area contributed by atoms with E-state index in [0.717, 1.165) is 21.5 Å². The van der Waals surface area contributed by atoms with E-state index < -0.39 is 0 Å². The fourth-order valence-electron chi connectivity index (χ4n) is 1.52. The van der Waals surface area contributed by atoms with Crippen molar-refractivity contribution in [2.45, 2.75) is 38.6 Å². The predicted octanol–water partition coefficient (Wildman–Crippen LogP) is 4.68. The molecule has 1 rings (SSSR count). The molecule has 0 heterocycles. The smallest absolute Gasteiger partial charge is 0.0551 e. The first kappa shape index (κ1) is 13.0. The van der Waals surface area contributed by atoms with Gasteiger partial charge in [-0.25, -0.2) is 0 Å². The highest BCUT2D eigenvalue weighted by Gasteiger charge is 2.07. The van der Waals surface area contributed by atoms with Crippen LogP contribution in [0.15, 0.2) is 22.7 Å². The Kier molecular flexibility index (Phi) is 5.65. The summed E-state index contributed by atoms with van der Waals surface area (Å²) < 4.78 is 0.925. The van der Waals surface area contributed by atoms with Crippen LogP contribution < -0.4 is 5.73 Å². The van der Waals surface area contributed by atoms with Crippen molar-refractivity contribution in [3.05, 3.63) is 33.3 Å². The highest BCUT2D eigenvalue weighted by Crippen LogP contribution is 2.27. The minimum atomic E-state index is 0.113. The lowest BCUT2D eigenvalue weighted by molar-refractivity contribution is 0.581. The first-order chi connectivity index (χ1) is 7.15. The third-order valence-electron chi connectivity index (χ3n) is 2.49. The molecule has 3 heteroatoms. The van der Waals surface area contributed by atoms with Gasteiger partial charge in [0.15, 0.2) is 0 Å². The van der Waals surface area contributed by atoms with Crippen LogP contribution in [-0.4, -0.2) is 0 Å². The molecule has 1 atom stereocenters. The average molecular weight is 291 g/mol. The average Bonchev–Trinajstić information content (AvgIpc) is 2.22. The fraction of sp³-hybridized carbons (Fsp3) is 0.500. The van der Waals surface area contributed by atoms with Crippen molar-refractivity contribution in [2.24, 2.45) is 5.73 Å². The van der Waals surface area contributed by atoms with Crippen molar-refractivity contribution in [3.8, 4) is 0 Å². The molecule has 0 fully saturated rings. The Morgan fingerprint density at radius 2 is 2.13 bits per heavy atom. The maximum absolute atomic E-state index is 6.08. The number of halogens is 2. The molecule has 0 saturated carbocycles. The summed E-state index contributed by atoms with van der Waals surface area (Å²) in [5, 5.41) is 0.735. The zero-order chi connectivity index (χ0) is 11.3. The number of rotatable bonds is 5. The Morgan fingerprint density at radius 1 is 1.40 bits per heavy atom. The van der Waals surface area contributed by atoms with Crippen molar-refractivity contribution in [2.75, 3.05) is 0 Å². The van der Waals surface area contributed by atoms with Crippen LogP contribution in [-0.2, 0) is 0 Å². The minimum absolute atomic E-state index is 0.113. The van der Waals surface area contributed by atoms with Gasteiger partial charge in [-0.2, -0.15) is 0 Å². The highest BCUT2D eigenvalue weighted by molar-refractivity contribution is 9.10. The normalized spacial score (nSPS) is 12.8. The Labute approximate surface area is 105 Å². The van der Waals surface area contributed by atoms with Gasteiger partial charge in [0, 0.05) is 10.5 Å². The SMILES string of the molecule is CCCCCC(N)c1ccc(Br)c(Cl)c1. The van der Waals surface area contributed by atoms with Gasteiger partial charge in [0.05, 0.1) is 5.02 Å². The van der Waals surface area contributed by atoms with Crippen LogP contribution in [0.3, 0.4) is 0 Å². The van der Waals surface area contributed by atoms with Gasteiger partial charge in [-0.1, -0.05) is 43.9 Å². The second-order valence-corrected chi connectivity index (χ2v) is 5.04. The van der Waals surface area contributed by atoms with E-state index in [9.17, 15) is 0 Å². The van der Waals surface area contributed by atoms with E-state index in [1.165, 1.54) is 19.3 Å². The largest absolute Gasteiger partial charge is 0.324 e. The van der Waals surface area contributed by atoms with Crippen LogP contribution in [0.2, 0.25) is 5.02 Å². The molecule has 15 heavy (non-hydrogen) atoms. The number of benzene rings is 1. The second-order valence-electron chi connectivity index (χ2n) is 3.78. The summed E-state index contributed by atoms with van der Waals surface area (Å²) in [5.74, 6) is 0. The van der Waals surface area contributed by atoms with Gasteiger partial charge in [0.2, 0.25) is 0 Å². The van der Waals surface area contributed by atoms with Crippen molar-refractivity contribution in [1.82, 2.24) is 0 Å². The first-order valence-corrected chi connectivity index (χ1v) is 6.52. The number of unbranched alkanes of at least 4 members (excludes halogenated alkanes) is 2. The molecule has 0 aliphatic carbocycles. The molecule has 0 aliphatic rings. The van der Waals surface area contributed by atoms with E-state index >= 15 is 0 Å². The van der Waals surface area contributed by atoms with E-state index in [1.807, 2.05) is 18.2 Å². The second kappa shape index (κ2) is 6.51. The Bertz CT molecular complexity index is 314. The van der Waals surface area contributed by atoms with Crippen molar-refractivity contribution in [1.29, 1.82) is 0 Å². The van der Waals surface area contributed by atoms with Gasteiger partial charge < -0.3 is 5.73 Å². The molecule has 84 valence electrons. The third-order valence-corrected chi connectivity index (χ3v) is 3.72. The quantitative estimate of drug-likeness (QED) is 0.783. The van der Waals surface area contributed by atoms with Crippen molar-refractivity contribution in [3.63, 3.8) is 0 Å². The predicted molar refractivity (Wildman–Crippen MR) is 70.2 cm³/mol. The molecule has 2 N–H and O–H groups in total. The standard InChI is InChI=1S/C12H17BrClN/c1-2-3-4-5-12(15)9-6-7-10(13)11(14)8-9/h6-8,12H,2-5,15H2,1H3. The zero-order valence-corrected chi connectivity index (χ0v) is 11.3. The first-order valence-electron chi connectivity index (χ1n) is 5.35. The molecule has 1 aromatic carbocycles. The molecule has 0 spiro atoms. The maximum atomic E-state index is 6.08. The topological polar surface area (TPSA) is 26.0 Å². The fourth-order valence-corrected chi connectivity index (χ4v) is 1.96. The van der Waals surface area contributed by atoms with Crippen molar-refractivity contribution >= 4 is 27.5 Å². The van der Waals surface area contributed by atoms with E-state index in [2.05, 4.69) is 22.9 Å². The summed E-state index contributed by atoms with van der Waals surface area (Å²) >= 11 is 9.39. The van der Waals surface area contributed by atoms with E-state index in [1.54, 1.807) is 0 Å². The molecule has 0 aliphatic heterocycles. The summed E-state index contributed by atoms with van der Waals surface area (Å²) in [4.78, 5) is 0. The Balaban J connectivity index is 2.57. The van der Waals surface area contributed by atoms with Crippen LogP contribution in [0.25, 0.3) is 0 Å². The van der Waals surface area contributed by atoms with E-state index in [4.69, 9.17) is 17.3 Å². The van der Waals surface area contributed by atoms with E-state index in [-0.39, 0.29) is 6.04 Å². The number of hydrogen-bond acceptors (Lipinski definition) is 1. The summed E-state index contributed by atoms with van der Waals surface area (Å²) in [6, 6.07) is 6.05. The van der Waals surface area contributed by atoms with Crippen molar-refractivity contribution < 1.29 is 0 Å². The van der Waals surface area contributed by atoms with Gasteiger partial charge in [0.25, 0.3) is 0 Å². The van der Waals surface area contributed by atoms with E-state index in [0.29, 0.717) is 0 Å². The summed E-state index contributed by atoms with van der Waals surface area (Å²) in [7, 11) is 0. The molecule has 0 saturated heterocycles. The molecule has 1 nitrogen and oxygen atoms in total. The van der Waals surface area contributed by atoms with Gasteiger partial charge >= 0.3 is 0 Å². The molecule has 0 radical (unpaired) electrons. The summed E-state index contributed by atoms with van der Waals surface area (Å²) in [6.45, 7) is 2.20. The zero-order valence-electron chi connectivity index (χ0n) is 8.97. The molecule has 0 bridgehead atoms. The van der Waals surface area contributed by atoms with Gasteiger partial charge in [0.1, 0.15) is 0 Å². The number of nitrogens with two attached hydrogens (primary N) is 1. The molecule has 0 amide bonds. The molecule has 1 unspecified atom stereocenters. The summed E-state index contributed by atoms with van der Waals surface area (Å²) in [5.41, 5.74) is 7.21. The van der Waals surface area contributed by atoms with Crippen LogP contribution >= 0.6 is 27.5 Å². The monoisotopic (exact) mass is 289 g/mol. The lowest BCUT2D eigenvalue weighted by Crippen LogP contribution is -2.09. The lowest BCUT2D eigenvalue weighted by Gasteiger charge is -2.12. The van der Waals surface area contributed by atoms with Gasteiger partial charge in [-0.15, -0.1) is 0 Å². The molecular weight excluding hydrogens is 273 g/mol. The van der Waals surface area contributed by atoms with Crippen LogP contribution in [0, 0.1) is 0 Å². The Hall–Kier alpha value is -0.0500. The van der Waals surface area contributed by atoms with Crippen LogP contribution in [0.1, 0.15) is 44.2 Å². The Morgan fingerprint density at radius 3 is 2.73 bits per heavy atom. The molecule has 0 aromatic heterocycles. The van der Waals surface area contributed by atoms with Crippen LogP contribution in [0.4, 0.5) is 0 Å². The highest BCUT2D eigenvalue weighted by atomic mass is 79.9.